The van der Waals surface area contributed by atoms with E-state index in [0.717, 1.165) is 24.3 Å². The molecule has 1 heterocycles. The Bertz CT molecular complexity index is 443. The second kappa shape index (κ2) is 6.48. The average Bonchev–Trinajstić information content (AvgIpc) is 2.55. The lowest BCUT2D eigenvalue weighted by Crippen LogP contribution is -2.47. The van der Waals surface area contributed by atoms with E-state index in [4.69, 9.17) is 0 Å². The quantitative estimate of drug-likeness (QED) is 0.583. The molecule has 102 valence electrons. The average molecular weight is 277 g/mol. The molecule has 8 nitrogen and oxygen atoms in total. The van der Waals surface area contributed by atoms with Crippen molar-refractivity contribution in [3.8, 4) is 0 Å². The fourth-order valence-electron chi connectivity index (χ4n) is 1.74. The SMILES string of the molecule is COC(=O)NS(=O)(=O)N1CCCCCC1N=C=O. The third-order valence-electron chi connectivity index (χ3n) is 2.58. The molecule has 0 bridgehead atoms. The summed E-state index contributed by atoms with van der Waals surface area (Å²) < 4.78 is 30.8. The standard InChI is InChI=1S/C9H15N3O5S/c1-17-9(14)11-18(15,16)12-6-4-2-3-5-8(12)10-7-13/h8H,2-6H2,1H3,(H,11,14). The Hall–Kier alpha value is -1.44. The molecule has 0 aromatic heterocycles. The van der Waals surface area contributed by atoms with Gasteiger partial charge < -0.3 is 4.74 Å². The lowest BCUT2D eigenvalue weighted by molar-refractivity contribution is 0.176. The van der Waals surface area contributed by atoms with Crippen molar-refractivity contribution < 1.29 is 22.7 Å². The van der Waals surface area contributed by atoms with Crippen molar-refractivity contribution in [1.82, 2.24) is 9.03 Å². The molecule has 1 N–H and O–H groups in total. The molecule has 0 aliphatic carbocycles. The van der Waals surface area contributed by atoms with Crippen LogP contribution in [0.1, 0.15) is 25.7 Å². The number of amides is 1. The summed E-state index contributed by atoms with van der Waals surface area (Å²) in [5, 5.41) is 0. The van der Waals surface area contributed by atoms with E-state index >= 15 is 0 Å². The zero-order valence-electron chi connectivity index (χ0n) is 9.96. The smallest absolute Gasteiger partial charge is 0.421 e. The summed E-state index contributed by atoms with van der Waals surface area (Å²) in [6.07, 6.45) is 2.15. The molecule has 1 saturated heterocycles. The molecule has 18 heavy (non-hydrogen) atoms. The fraction of sp³-hybridized carbons (Fsp3) is 0.778. The molecule has 0 spiro atoms. The van der Waals surface area contributed by atoms with Crippen molar-refractivity contribution in [3.05, 3.63) is 0 Å². The first-order valence-electron chi connectivity index (χ1n) is 5.46. The Labute approximate surface area is 105 Å². The maximum atomic E-state index is 11.9. The van der Waals surface area contributed by atoms with Crippen molar-refractivity contribution in [1.29, 1.82) is 0 Å². The highest BCUT2D eigenvalue weighted by Crippen LogP contribution is 2.19. The molecule has 1 aliphatic rings. The van der Waals surface area contributed by atoms with Gasteiger partial charge in [0.25, 0.3) is 0 Å². The molecule has 0 aromatic carbocycles. The molecule has 1 aliphatic heterocycles. The predicted octanol–water partition coefficient (Wildman–Crippen LogP) is 0.125. The summed E-state index contributed by atoms with van der Waals surface area (Å²) in [7, 11) is -2.99. The van der Waals surface area contributed by atoms with E-state index in [1.807, 2.05) is 0 Å². The van der Waals surface area contributed by atoms with E-state index in [0.29, 0.717) is 12.8 Å². The molecule has 0 aromatic rings. The Morgan fingerprint density at radius 1 is 1.44 bits per heavy atom. The van der Waals surface area contributed by atoms with Crippen LogP contribution in [0.5, 0.6) is 0 Å². The van der Waals surface area contributed by atoms with E-state index < -0.39 is 22.5 Å². The van der Waals surface area contributed by atoms with Crippen LogP contribution in [-0.2, 0) is 19.7 Å². The highest BCUT2D eigenvalue weighted by molar-refractivity contribution is 7.87. The molecular formula is C9H15N3O5S. The number of carbonyl (C=O) groups is 1. The molecule has 0 radical (unpaired) electrons. The molecule has 1 fully saturated rings. The second-order valence-corrected chi connectivity index (χ2v) is 5.38. The van der Waals surface area contributed by atoms with E-state index in [-0.39, 0.29) is 6.54 Å². The monoisotopic (exact) mass is 277 g/mol. The van der Waals surface area contributed by atoms with E-state index in [9.17, 15) is 18.0 Å². The van der Waals surface area contributed by atoms with Crippen molar-refractivity contribution in [3.63, 3.8) is 0 Å². The molecule has 1 atom stereocenters. The fourth-order valence-corrected chi connectivity index (χ4v) is 2.99. The van der Waals surface area contributed by atoms with Gasteiger partial charge in [0.2, 0.25) is 6.08 Å². The van der Waals surface area contributed by atoms with Crippen molar-refractivity contribution in [2.75, 3.05) is 13.7 Å². The molecule has 1 amide bonds. The predicted molar refractivity (Wildman–Crippen MR) is 61.5 cm³/mol. The molecule has 1 unspecified atom stereocenters. The van der Waals surface area contributed by atoms with E-state index in [1.165, 1.54) is 6.08 Å². The van der Waals surface area contributed by atoms with Gasteiger partial charge >= 0.3 is 16.3 Å². The van der Waals surface area contributed by atoms with Crippen LogP contribution in [-0.4, -0.2) is 44.7 Å². The van der Waals surface area contributed by atoms with Gasteiger partial charge in [0, 0.05) is 6.54 Å². The number of aliphatic imine (C=N–C) groups is 1. The highest BCUT2D eigenvalue weighted by atomic mass is 32.2. The largest absolute Gasteiger partial charge is 0.452 e. The minimum absolute atomic E-state index is 0.197. The summed E-state index contributed by atoms with van der Waals surface area (Å²) in [6.45, 7) is 0.197. The third-order valence-corrected chi connectivity index (χ3v) is 4.05. The van der Waals surface area contributed by atoms with Gasteiger partial charge in [-0.05, 0) is 19.3 Å². The Morgan fingerprint density at radius 3 is 2.78 bits per heavy atom. The lowest BCUT2D eigenvalue weighted by atomic mass is 10.2. The third kappa shape index (κ3) is 3.80. The molecule has 1 rings (SSSR count). The maximum absolute atomic E-state index is 11.9. The zero-order chi connectivity index (χ0) is 13.6. The summed E-state index contributed by atoms with van der Waals surface area (Å²) in [5.74, 6) is 0. The van der Waals surface area contributed by atoms with E-state index in [2.05, 4.69) is 9.73 Å². The summed E-state index contributed by atoms with van der Waals surface area (Å²) in [4.78, 5) is 24.8. The molecular weight excluding hydrogens is 262 g/mol. The number of hydrogen-bond acceptors (Lipinski definition) is 6. The zero-order valence-corrected chi connectivity index (χ0v) is 10.8. The normalized spacial score (nSPS) is 21.5. The molecule has 0 saturated carbocycles. The first kappa shape index (κ1) is 14.6. The lowest BCUT2D eigenvalue weighted by Gasteiger charge is -2.24. The van der Waals surface area contributed by atoms with Gasteiger partial charge in [-0.25, -0.2) is 14.3 Å². The topological polar surface area (TPSA) is 105 Å². The molecule has 9 heteroatoms. The van der Waals surface area contributed by atoms with Gasteiger partial charge in [0.05, 0.1) is 7.11 Å². The maximum Gasteiger partial charge on any atom is 0.421 e. The van der Waals surface area contributed by atoms with E-state index in [1.54, 1.807) is 4.72 Å². The van der Waals surface area contributed by atoms with Gasteiger partial charge in [0.15, 0.2) is 0 Å². The van der Waals surface area contributed by atoms with Crippen LogP contribution in [0.25, 0.3) is 0 Å². The number of hydrogen-bond donors (Lipinski definition) is 1. The number of nitrogens with zero attached hydrogens (tertiary/aromatic N) is 2. The Kier molecular flexibility index (Phi) is 5.26. The Balaban J connectivity index is 2.93. The minimum Gasteiger partial charge on any atom is -0.452 e. The first-order valence-corrected chi connectivity index (χ1v) is 6.90. The van der Waals surface area contributed by atoms with Crippen molar-refractivity contribution >= 4 is 22.4 Å². The number of carbonyl (C=O) groups excluding carboxylic acids is 2. The van der Waals surface area contributed by atoms with Gasteiger partial charge in [0.1, 0.15) is 6.17 Å². The van der Waals surface area contributed by atoms with Crippen LogP contribution in [0, 0.1) is 0 Å². The van der Waals surface area contributed by atoms with Gasteiger partial charge in [-0.3, -0.25) is 0 Å². The minimum atomic E-state index is -4.05. The number of rotatable bonds is 3. The number of nitrogens with one attached hydrogen (secondary N) is 1. The van der Waals surface area contributed by atoms with Crippen LogP contribution in [0.3, 0.4) is 0 Å². The second-order valence-electron chi connectivity index (χ2n) is 3.76. The van der Waals surface area contributed by atoms with Gasteiger partial charge in [-0.2, -0.15) is 17.7 Å². The van der Waals surface area contributed by atoms with Crippen molar-refractivity contribution in [2.24, 2.45) is 4.99 Å². The first-order chi connectivity index (χ1) is 8.51. The summed E-state index contributed by atoms with van der Waals surface area (Å²) in [5.41, 5.74) is 0. The van der Waals surface area contributed by atoms with Crippen LogP contribution in [0.4, 0.5) is 4.79 Å². The highest BCUT2D eigenvalue weighted by Gasteiger charge is 2.32. The van der Waals surface area contributed by atoms with Gasteiger partial charge in [-0.1, -0.05) is 6.42 Å². The van der Waals surface area contributed by atoms with Gasteiger partial charge in [-0.15, -0.1) is 0 Å². The van der Waals surface area contributed by atoms with Crippen LogP contribution < -0.4 is 4.72 Å². The van der Waals surface area contributed by atoms with Crippen LogP contribution >= 0.6 is 0 Å². The van der Waals surface area contributed by atoms with Crippen LogP contribution in [0.15, 0.2) is 4.99 Å². The van der Waals surface area contributed by atoms with Crippen LogP contribution in [0.2, 0.25) is 0 Å². The Morgan fingerprint density at radius 2 is 2.17 bits per heavy atom. The summed E-state index contributed by atoms with van der Waals surface area (Å²) >= 11 is 0. The number of ether oxygens (including phenoxy) is 1. The number of isocyanates is 1. The summed E-state index contributed by atoms with van der Waals surface area (Å²) in [6, 6.07) is 0. The van der Waals surface area contributed by atoms with Crippen molar-refractivity contribution in [2.45, 2.75) is 31.8 Å². The number of methoxy groups -OCH3 is 1.